The van der Waals surface area contributed by atoms with E-state index in [2.05, 4.69) is 20.5 Å². The van der Waals surface area contributed by atoms with Crippen LogP contribution in [0.15, 0.2) is 42.7 Å². The van der Waals surface area contributed by atoms with Crippen molar-refractivity contribution in [2.75, 3.05) is 11.4 Å². The molecule has 26 heavy (non-hydrogen) atoms. The molecule has 1 aromatic carbocycles. The summed E-state index contributed by atoms with van der Waals surface area (Å²) in [6.45, 7) is 2.35. The van der Waals surface area contributed by atoms with E-state index in [-0.39, 0.29) is 11.7 Å². The van der Waals surface area contributed by atoms with Crippen LogP contribution in [0.3, 0.4) is 0 Å². The predicted octanol–water partition coefficient (Wildman–Crippen LogP) is 1.89. The Hall–Kier alpha value is -3.16. The number of benzene rings is 1. The average molecular weight is 352 g/mol. The summed E-state index contributed by atoms with van der Waals surface area (Å²) in [6.07, 6.45) is 4.62. The lowest BCUT2D eigenvalue weighted by Gasteiger charge is -2.24. The number of amides is 1. The highest BCUT2D eigenvalue weighted by molar-refractivity contribution is 5.98. The average Bonchev–Trinajstić information content (AvgIpc) is 3.27. The van der Waals surface area contributed by atoms with Gasteiger partial charge >= 0.3 is 0 Å². The van der Waals surface area contributed by atoms with Gasteiger partial charge in [0.2, 0.25) is 0 Å². The summed E-state index contributed by atoms with van der Waals surface area (Å²) < 4.78 is 14.7. The number of rotatable bonds is 4. The van der Waals surface area contributed by atoms with Gasteiger partial charge in [-0.05, 0) is 53.1 Å². The fourth-order valence-corrected chi connectivity index (χ4v) is 3.29. The van der Waals surface area contributed by atoms with Gasteiger partial charge in [-0.15, -0.1) is 5.10 Å². The summed E-state index contributed by atoms with van der Waals surface area (Å²) in [7, 11) is 0. The second-order valence-electron chi connectivity index (χ2n) is 6.26. The zero-order chi connectivity index (χ0) is 18.1. The van der Waals surface area contributed by atoms with Gasteiger partial charge in [-0.2, -0.15) is 0 Å². The number of halogens is 1. The Bertz CT molecular complexity index is 939. The van der Waals surface area contributed by atoms with Crippen LogP contribution in [0.2, 0.25) is 0 Å². The van der Waals surface area contributed by atoms with E-state index in [9.17, 15) is 9.18 Å². The molecule has 0 spiro atoms. The van der Waals surface area contributed by atoms with Gasteiger partial charge in [-0.25, -0.2) is 9.07 Å². The van der Waals surface area contributed by atoms with Gasteiger partial charge in [0, 0.05) is 25.4 Å². The van der Waals surface area contributed by atoms with Gasteiger partial charge in [0.1, 0.15) is 17.7 Å². The van der Waals surface area contributed by atoms with Crippen LogP contribution in [0.1, 0.15) is 23.0 Å². The minimum Gasteiger partial charge on any atom is -0.310 e. The van der Waals surface area contributed by atoms with Crippen LogP contribution in [-0.4, -0.2) is 37.6 Å². The molecule has 0 bridgehead atoms. The van der Waals surface area contributed by atoms with Crippen molar-refractivity contribution in [3.63, 3.8) is 0 Å². The van der Waals surface area contributed by atoms with Gasteiger partial charge in [0.15, 0.2) is 0 Å². The first-order valence-electron chi connectivity index (χ1n) is 8.36. The number of tetrazole rings is 1. The molecule has 132 valence electrons. The molecule has 0 saturated heterocycles. The minimum atomic E-state index is -0.602. The van der Waals surface area contributed by atoms with E-state index in [0.29, 0.717) is 18.8 Å². The zero-order valence-electron chi connectivity index (χ0n) is 14.2. The van der Waals surface area contributed by atoms with Crippen LogP contribution in [0.25, 0.3) is 0 Å². The van der Waals surface area contributed by atoms with Crippen LogP contribution < -0.4 is 4.90 Å². The Balaban J connectivity index is 1.68. The lowest BCUT2D eigenvalue weighted by Crippen LogP contribution is -2.38. The lowest BCUT2D eigenvalue weighted by molar-refractivity contribution is -0.122. The molecule has 0 fully saturated rings. The Morgan fingerprint density at radius 1 is 1.27 bits per heavy atom. The smallest absolute Gasteiger partial charge is 0.252 e. The first kappa shape index (κ1) is 16.3. The van der Waals surface area contributed by atoms with Crippen molar-refractivity contribution in [3.8, 4) is 0 Å². The van der Waals surface area contributed by atoms with Gasteiger partial charge in [-0.1, -0.05) is 12.1 Å². The normalized spacial score (nSPS) is 14.3. The number of anilines is 1. The largest absolute Gasteiger partial charge is 0.310 e. The molecule has 2 aromatic heterocycles. The molecular formula is C18H17FN6O. The van der Waals surface area contributed by atoms with Gasteiger partial charge < -0.3 is 4.90 Å². The Morgan fingerprint density at radius 3 is 2.81 bits per heavy atom. The van der Waals surface area contributed by atoms with Crippen LogP contribution >= 0.6 is 0 Å². The molecule has 4 rings (SSSR count). The van der Waals surface area contributed by atoms with Crippen molar-refractivity contribution < 1.29 is 9.18 Å². The number of nitrogens with zero attached hydrogens (tertiary/aromatic N) is 6. The molecule has 8 heteroatoms. The van der Waals surface area contributed by atoms with E-state index in [1.54, 1.807) is 36.4 Å². The maximum absolute atomic E-state index is 13.3. The van der Waals surface area contributed by atoms with E-state index in [1.807, 2.05) is 6.07 Å². The van der Waals surface area contributed by atoms with E-state index < -0.39 is 6.04 Å². The third-order valence-corrected chi connectivity index (χ3v) is 4.62. The standard InChI is InChI=1S/C18H17FN6O/c1-12-21-22-23-25(12)17(10-13-2-4-15(19)5-3-13)18(26)24-9-7-14-11-20-8-6-16(14)24/h2-6,8,11,17H,7,9-10H2,1H3. The summed E-state index contributed by atoms with van der Waals surface area (Å²) in [5.74, 6) is 0.158. The molecular weight excluding hydrogens is 335 g/mol. The van der Waals surface area contributed by atoms with Crippen LogP contribution in [0.5, 0.6) is 0 Å². The van der Waals surface area contributed by atoms with Gasteiger partial charge in [0.25, 0.3) is 5.91 Å². The molecule has 1 unspecified atom stereocenters. The lowest BCUT2D eigenvalue weighted by atomic mass is 10.0. The van der Waals surface area contributed by atoms with Crippen molar-refractivity contribution in [2.45, 2.75) is 25.8 Å². The molecule has 1 atom stereocenters. The first-order valence-corrected chi connectivity index (χ1v) is 8.36. The molecule has 1 amide bonds. The number of aryl methyl sites for hydroxylation is 1. The Labute approximate surface area is 149 Å². The molecule has 7 nitrogen and oxygen atoms in total. The molecule has 3 heterocycles. The second kappa shape index (κ2) is 6.62. The van der Waals surface area contributed by atoms with Crippen molar-refractivity contribution in [2.24, 2.45) is 0 Å². The Morgan fingerprint density at radius 2 is 2.08 bits per heavy atom. The zero-order valence-corrected chi connectivity index (χ0v) is 14.2. The van der Waals surface area contributed by atoms with E-state index in [1.165, 1.54) is 16.8 Å². The molecule has 0 radical (unpaired) electrons. The third-order valence-electron chi connectivity index (χ3n) is 4.62. The number of fused-ring (bicyclic) bond motifs is 1. The van der Waals surface area contributed by atoms with E-state index in [0.717, 1.165) is 23.2 Å². The maximum Gasteiger partial charge on any atom is 0.252 e. The molecule has 3 aromatic rings. The Kier molecular flexibility index (Phi) is 4.16. The van der Waals surface area contributed by atoms with Crippen molar-refractivity contribution >= 4 is 11.6 Å². The molecule has 1 aliphatic rings. The molecule has 1 aliphatic heterocycles. The number of pyridine rings is 1. The number of carbonyl (C=O) groups is 1. The topological polar surface area (TPSA) is 76.8 Å². The summed E-state index contributed by atoms with van der Waals surface area (Å²) >= 11 is 0. The van der Waals surface area contributed by atoms with Crippen LogP contribution in [0.4, 0.5) is 10.1 Å². The SMILES string of the molecule is Cc1nnnn1C(Cc1ccc(F)cc1)C(=O)N1CCc2cnccc21. The fourth-order valence-electron chi connectivity index (χ4n) is 3.29. The summed E-state index contributed by atoms with van der Waals surface area (Å²) in [6, 6.07) is 7.38. The van der Waals surface area contributed by atoms with Crippen molar-refractivity contribution in [3.05, 3.63) is 65.5 Å². The fraction of sp³-hybridized carbons (Fsp3) is 0.278. The molecule has 0 N–H and O–H groups in total. The number of hydrogen-bond acceptors (Lipinski definition) is 5. The van der Waals surface area contributed by atoms with E-state index in [4.69, 9.17) is 0 Å². The molecule has 0 saturated carbocycles. The third kappa shape index (κ3) is 2.94. The van der Waals surface area contributed by atoms with E-state index >= 15 is 0 Å². The first-order chi connectivity index (χ1) is 12.6. The van der Waals surface area contributed by atoms with Crippen LogP contribution in [0, 0.1) is 12.7 Å². The van der Waals surface area contributed by atoms with Crippen molar-refractivity contribution in [1.82, 2.24) is 25.2 Å². The van der Waals surface area contributed by atoms with Crippen molar-refractivity contribution in [1.29, 1.82) is 0 Å². The van der Waals surface area contributed by atoms with Gasteiger partial charge in [-0.3, -0.25) is 9.78 Å². The minimum absolute atomic E-state index is 0.0883. The van der Waals surface area contributed by atoms with Crippen LogP contribution in [-0.2, 0) is 17.6 Å². The summed E-state index contributed by atoms with van der Waals surface area (Å²) in [4.78, 5) is 19.2. The number of carbonyl (C=O) groups excluding carboxylic acids is 1. The monoisotopic (exact) mass is 352 g/mol. The maximum atomic E-state index is 13.3. The quantitative estimate of drug-likeness (QED) is 0.717. The molecule has 0 aliphatic carbocycles. The predicted molar refractivity (Wildman–Crippen MR) is 92.0 cm³/mol. The second-order valence-corrected chi connectivity index (χ2v) is 6.26. The highest BCUT2D eigenvalue weighted by Gasteiger charge is 2.33. The summed E-state index contributed by atoms with van der Waals surface area (Å²) in [5.41, 5.74) is 2.77. The van der Waals surface area contributed by atoms with Gasteiger partial charge in [0.05, 0.1) is 5.69 Å². The summed E-state index contributed by atoms with van der Waals surface area (Å²) in [5, 5.41) is 11.6. The highest BCUT2D eigenvalue weighted by atomic mass is 19.1. The highest BCUT2D eigenvalue weighted by Crippen LogP contribution is 2.30. The number of hydrogen-bond donors (Lipinski definition) is 0. The number of aromatic nitrogens is 5.